The van der Waals surface area contributed by atoms with Gasteiger partial charge in [0.15, 0.2) is 0 Å². The molecule has 0 aliphatic rings. The van der Waals surface area contributed by atoms with E-state index in [1.54, 1.807) is 6.92 Å². The van der Waals surface area contributed by atoms with E-state index in [1.165, 1.54) is 6.08 Å². The highest BCUT2D eigenvalue weighted by molar-refractivity contribution is 5.83. The molecule has 0 heterocycles. The van der Waals surface area contributed by atoms with Gasteiger partial charge in [0.2, 0.25) is 0 Å². The fourth-order valence-electron chi connectivity index (χ4n) is 1.35. The molecule has 0 aromatic heterocycles. The highest BCUT2D eigenvalue weighted by Crippen LogP contribution is 2.02. The molecule has 0 bridgehead atoms. The van der Waals surface area contributed by atoms with E-state index >= 15 is 0 Å². The minimum atomic E-state index is -0.391. The molecule has 19 heavy (non-hydrogen) atoms. The number of carbonyl (C=O) groups is 1. The summed E-state index contributed by atoms with van der Waals surface area (Å²) in [5, 5.41) is 8.60. The first kappa shape index (κ1) is 15.0. The molecule has 100 valence electrons. The van der Waals surface area contributed by atoms with Gasteiger partial charge in [-0.3, -0.25) is 0 Å². The third-order valence-electron chi connectivity index (χ3n) is 2.30. The molecule has 1 N–H and O–H groups in total. The quantitative estimate of drug-likeness (QED) is 0.382. The van der Waals surface area contributed by atoms with E-state index in [0.29, 0.717) is 18.4 Å². The molecule has 3 heteroatoms. The van der Waals surface area contributed by atoms with Crippen LogP contribution in [-0.4, -0.2) is 17.7 Å². The van der Waals surface area contributed by atoms with Gasteiger partial charge < -0.3 is 9.84 Å². The zero-order valence-corrected chi connectivity index (χ0v) is 11.1. The lowest BCUT2D eigenvalue weighted by atomic mass is 10.2. The molecule has 0 aliphatic carbocycles. The van der Waals surface area contributed by atoms with Gasteiger partial charge in [0.1, 0.15) is 6.61 Å². The summed E-state index contributed by atoms with van der Waals surface area (Å²) < 4.78 is 5.10. The number of ether oxygens (including phenoxy) is 1. The number of aliphatic hydroxyl groups is 1. The highest BCUT2D eigenvalue weighted by Gasteiger charge is 1.99. The molecular weight excluding hydrogens is 240 g/mol. The molecule has 1 rings (SSSR count). The van der Waals surface area contributed by atoms with E-state index in [0.717, 1.165) is 5.56 Å². The van der Waals surface area contributed by atoms with Crippen LogP contribution in [-0.2, 0) is 16.1 Å². The van der Waals surface area contributed by atoms with E-state index in [2.05, 4.69) is 11.8 Å². The Balaban J connectivity index is 2.38. The van der Waals surface area contributed by atoms with Crippen LogP contribution in [0.25, 0.3) is 0 Å². The van der Waals surface area contributed by atoms with E-state index < -0.39 is 5.97 Å². The maximum Gasteiger partial charge on any atom is 0.332 e. The number of carbonyl (C=O) groups excluding carboxylic acids is 1. The first-order chi connectivity index (χ1) is 9.22. The molecule has 0 unspecified atom stereocenters. The topological polar surface area (TPSA) is 46.5 Å². The maximum atomic E-state index is 11.5. The predicted molar refractivity (Wildman–Crippen MR) is 74.1 cm³/mol. The van der Waals surface area contributed by atoms with Crippen LogP contribution in [0.2, 0.25) is 0 Å². The standard InChI is InChI=1S/C16H18O3/c1-14(8-4-3-7-11-17)12-16(18)19-13-15-9-5-2-6-10-15/h2,5-6,9-10,12,17H,3,7,11,13H2,1H3/b14-12-. The van der Waals surface area contributed by atoms with Gasteiger partial charge in [-0.1, -0.05) is 42.2 Å². The number of hydrogen-bond donors (Lipinski definition) is 1. The average Bonchev–Trinajstić information content (AvgIpc) is 2.42. The summed E-state index contributed by atoms with van der Waals surface area (Å²) in [5.41, 5.74) is 1.62. The van der Waals surface area contributed by atoms with Crippen LogP contribution in [0.3, 0.4) is 0 Å². The van der Waals surface area contributed by atoms with Gasteiger partial charge in [0.25, 0.3) is 0 Å². The first-order valence-electron chi connectivity index (χ1n) is 6.21. The van der Waals surface area contributed by atoms with Crippen molar-refractivity contribution in [2.24, 2.45) is 0 Å². The summed E-state index contributed by atoms with van der Waals surface area (Å²) >= 11 is 0. The third kappa shape index (κ3) is 7.07. The predicted octanol–water partition coefficient (Wildman–Crippen LogP) is 2.45. The van der Waals surface area contributed by atoms with Crippen LogP contribution in [0.4, 0.5) is 0 Å². The molecule has 0 spiro atoms. The number of unbranched alkanes of at least 4 members (excludes halogenated alkanes) is 1. The van der Waals surface area contributed by atoms with Crippen molar-refractivity contribution in [3.8, 4) is 11.8 Å². The zero-order valence-electron chi connectivity index (χ0n) is 11.1. The Bertz CT molecular complexity index is 478. The van der Waals surface area contributed by atoms with Gasteiger partial charge in [-0.15, -0.1) is 0 Å². The number of esters is 1. The molecule has 3 nitrogen and oxygen atoms in total. The van der Waals surface area contributed by atoms with Crippen molar-refractivity contribution in [1.82, 2.24) is 0 Å². The van der Waals surface area contributed by atoms with Crippen molar-refractivity contribution >= 4 is 5.97 Å². The van der Waals surface area contributed by atoms with Crippen molar-refractivity contribution in [1.29, 1.82) is 0 Å². The number of aliphatic hydroxyl groups excluding tert-OH is 1. The summed E-state index contributed by atoms with van der Waals surface area (Å²) in [6, 6.07) is 9.52. The number of benzene rings is 1. The molecule has 0 saturated carbocycles. The summed E-state index contributed by atoms with van der Waals surface area (Å²) in [7, 11) is 0. The second-order valence-electron chi connectivity index (χ2n) is 4.05. The number of hydrogen-bond acceptors (Lipinski definition) is 3. The number of rotatable bonds is 5. The van der Waals surface area contributed by atoms with Crippen molar-refractivity contribution in [3.63, 3.8) is 0 Å². The summed E-state index contributed by atoms with van der Waals surface area (Å²) in [5.74, 6) is 5.33. The molecular formula is C16H18O3. The van der Waals surface area contributed by atoms with Crippen LogP contribution < -0.4 is 0 Å². The largest absolute Gasteiger partial charge is 0.458 e. The lowest BCUT2D eigenvalue weighted by Gasteiger charge is -2.01. The van der Waals surface area contributed by atoms with E-state index in [4.69, 9.17) is 9.84 Å². The molecule has 0 fully saturated rings. The Morgan fingerprint density at radius 3 is 2.79 bits per heavy atom. The molecule has 1 aromatic carbocycles. The number of allylic oxidation sites excluding steroid dienone is 1. The van der Waals surface area contributed by atoms with Gasteiger partial charge in [-0.25, -0.2) is 4.79 Å². The van der Waals surface area contributed by atoms with Crippen LogP contribution >= 0.6 is 0 Å². The lowest BCUT2D eigenvalue weighted by Crippen LogP contribution is -2.01. The van der Waals surface area contributed by atoms with Crippen molar-refractivity contribution in [2.75, 3.05) is 6.61 Å². The average molecular weight is 258 g/mol. The van der Waals surface area contributed by atoms with Crippen LogP contribution in [0, 0.1) is 11.8 Å². The summed E-state index contributed by atoms with van der Waals surface area (Å²) in [6.07, 6.45) is 2.66. The fourth-order valence-corrected chi connectivity index (χ4v) is 1.35. The fraction of sp³-hybridized carbons (Fsp3) is 0.312. The molecule has 0 amide bonds. The Hall–Kier alpha value is -2.05. The SMILES string of the molecule is C/C(C#CCCCO)=C/C(=O)OCc1ccccc1. The molecule has 0 atom stereocenters. The zero-order chi connectivity index (χ0) is 13.9. The van der Waals surface area contributed by atoms with Gasteiger partial charge >= 0.3 is 5.97 Å². The Kier molecular flexibility index (Phi) is 7.08. The molecule has 0 aliphatic heterocycles. The van der Waals surface area contributed by atoms with Gasteiger partial charge in [0.05, 0.1) is 0 Å². The van der Waals surface area contributed by atoms with E-state index in [-0.39, 0.29) is 13.2 Å². The van der Waals surface area contributed by atoms with Crippen LogP contribution in [0.1, 0.15) is 25.3 Å². The van der Waals surface area contributed by atoms with Crippen molar-refractivity contribution < 1.29 is 14.6 Å². The van der Waals surface area contributed by atoms with E-state index in [9.17, 15) is 4.79 Å². The van der Waals surface area contributed by atoms with Crippen molar-refractivity contribution in [2.45, 2.75) is 26.4 Å². The Morgan fingerprint density at radius 2 is 2.11 bits per heavy atom. The van der Waals surface area contributed by atoms with Crippen molar-refractivity contribution in [3.05, 3.63) is 47.5 Å². The first-order valence-corrected chi connectivity index (χ1v) is 6.21. The maximum absolute atomic E-state index is 11.5. The highest BCUT2D eigenvalue weighted by atomic mass is 16.5. The second kappa shape index (κ2) is 8.96. The second-order valence-corrected chi connectivity index (χ2v) is 4.05. The van der Waals surface area contributed by atoms with Crippen LogP contribution in [0.15, 0.2) is 42.0 Å². The third-order valence-corrected chi connectivity index (χ3v) is 2.30. The monoisotopic (exact) mass is 258 g/mol. The molecule has 0 saturated heterocycles. The van der Waals surface area contributed by atoms with Gasteiger partial charge in [-0.2, -0.15) is 0 Å². The Labute approximate surface area is 113 Å². The summed E-state index contributed by atoms with van der Waals surface area (Å²) in [4.78, 5) is 11.5. The van der Waals surface area contributed by atoms with Gasteiger partial charge in [0, 0.05) is 24.7 Å². The molecule has 1 aromatic rings. The Morgan fingerprint density at radius 1 is 1.37 bits per heavy atom. The van der Waals surface area contributed by atoms with Gasteiger partial charge in [-0.05, 0) is 18.9 Å². The lowest BCUT2D eigenvalue weighted by molar-refractivity contribution is -0.139. The normalized spacial score (nSPS) is 10.5. The summed E-state index contributed by atoms with van der Waals surface area (Å²) in [6.45, 7) is 2.16. The van der Waals surface area contributed by atoms with Crippen LogP contribution in [0.5, 0.6) is 0 Å². The minimum Gasteiger partial charge on any atom is -0.458 e. The smallest absolute Gasteiger partial charge is 0.332 e. The van der Waals surface area contributed by atoms with E-state index in [1.807, 2.05) is 30.3 Å². The minimum absolute atomic E-state index is 0.135. The molecule has 0 radical (unpaired) electrons.